The maximum absolute atomic E-state index is 12.3. The lowest BCUT2D eigenvalue weighted by Gasteiger charge is -2.18. The number of nitrogens with zero attached hydrogens (tertiary/aromatic N) is 1. The second-order valence-electron chi connectivity index (χ2n) is 5.01. The fourth-order valence-corrected chi connectivity index (χ4v) is 2.39. The molecule has 23 heavy (non-hydrogen) atoms. The van der Waals surface area contributed by atoms with Gasteiger partial charge in [-0.1, -0.05) is 35.5 Å². The highest BCUT2D eigenvalue weighted by Crippen LogP contribution is 2.21. The molecule has 1 aromatic heterocycles. The van der Waals surface area contributed by atoms with Gasteiger partial charge in [0.1, 0.15) is 0 Å². The Kier molecular flexibility index (Phi) is 5.76. The molecule has 0 saturated carbocycles. The first-order chi connectivity index (χ1) is 11.0. The van der Waals surface area contributed by atoms with E-state index in [-0.39, 0.29) is 24.0 Å². The number of carbonyl (C=O) groups excluding carboxylic acids is 2. The van der Waals surface area contributed by atoms with Crippen molar-refractivity contribution in [3.63, 3.8) is 0 Å². The molecule has 1 atom stereocenters. The molecule has 7 heteroatoms. The second kappa shape index (κ2) is 7.78. The average molecular weight is 337 g/mol. The van der Waals surface area contributed by atoms with E-state index in [2.05, 4.69) is 10.5 Å². The van der Waals surface area contributed by atoms with Gasteiger partial charge in [0.25, 0.3) is 0 Å². The standard InChI is InChI=1S/C16H17ClN2O4/c1-10-12(16(17)23-19-10)8-14(20)18-13(9-15(21)22-2)11-6-4-3-5-7-11/h3-7,13H,8-9H2,1-2H3,(H,18,20). The van der Waals surface area contributed by atoms with E-state index in [9.17, 15) is 9.59 Å². The van der Waals surface area contributed by atoms with E-state index in [1.54, 1.807) is 6.92 Å². The molecular formula is C16H17ClN2O4. The first-order valence-electron chi connectivity index (χ1n) is 7.03. The van der Waals surface area contributed by atoms with Gasteiger partial charge in [-0.15, -0.1) is 0 Å². The van der Waals surface area contributed by atoms with Gasteiger partial charge < -0.3 is 14.6 Å². The molecule has 0 fully saturated rings. The molecule has 0 saturated heterocycles. The van der Waals surface area contributed by atoms with Crippen LogP contribution < -0.4 is 5.32 Å². The van der Waals surface area contributed by atoms with Crippen LogP contribution in [0.15, 0.2) is 34.9 Å². The van der Waals surface area contributed by atoms with Crippen molar-refractivity contribution in [2.24, 2.45) is 0 Å². The number of aryl methyl sites for hydroxylation is 1. The lowest BCUT2D eigenvalue weighted by molar-refractivity contribution is -0.141. The highest BCUT2D eigenvalue weighted by Gasteiger charge is 2.21. The molecule has 0 bridgehead atoms. The largest absolute Gasteiger partial charge is 0.469 e. The van der Waals surface area contributed by atoms with Crippen LogP contribution in [0.2, 0.25) is 5.22 Å². The molecule has 2 rings (SSSR count). The molecule has 0 aliphatic carbocycles. The van der Waals surface area contributed by atoms with Gasteiger partial charge in [-0.05, 0) is 24.1 Å². The molecular weight excluding hydrogens is 320 g/mol. The third kappa shape index (κ3) is 4.56. The van der Waals surface area contributed by atoms with E-state index < -0.39 is 12.0 Å². The molecule has 1 heterocycles. The number of nitrogens with one attached hydrogen (secondary N) is 1. The van der Waals surface area contributed by atoms with Crippen molar-refractivity contribution in [2.75, 3.05) is 7.11 Å². The van der Waals surface area contributed by atoms with E-state index >= 15 is 0 Å². The predicted molar refractivity (Wildman–Crippen MR) is 83.9 cm³/mol. The number of carbonyl (C=O) groups is 2. The predicted octanol–water partition coefficient (Wildman–Crippen LogP) is 2.60. The number of hydrogen-bond acceptors (Lipinski definition) is 5. The van der Waals surface area contributed by atoms with Gasteiger partial charge in [-0.2, -0.15) is 0 Å². The number of halogens is 1. The van der Waals surface area contributed by atoms with Gasteiger partial charge in [-0.25, -0.2) is 0 Å². The van der Waals surface area contributed by atoms with E-state index in [0.29, 0.717) is 11.3 Å². The van der Waals surface area contributed by atoms with Crippen molar-refractivity contribution < 1.29 is 18.8 Å². The van der Waals surface area contributed by atoms with Gasteiger partial charge >= 0.3 is 5.97 Å². The zero-order valence-corrected chi connectivity index (χ0v) is 13.6. The lowest BCUT2D eigenvalue weighted by Crippen LogP contribution is -2.31. The Morgan fingerprint density at radius 2 is 2.04 bits per heavy atom. The van der Waals surface area contributed by atoms with Gasteiger partial charge in [0.05, 0.1) is 31.7 Å². The zero-order chi connectivity index (χ0) is 16.8. The minimum atomic E-state index is -0.477. The molecule has 0 radical (unpaired) electrons. The third-order valence-electron chi connectivity index (χ3n) is 3.41. The highest BCUT2D eigenvalue weighted by molar-refractivity contribution is 6.29. The number of methoxy groups -OCH3 is 1. The summed E-state index contributed by atoms with van der Waals surface area (Å²) >= 11 is 5.87. The smallest absolute Gasteiger partial charge is 0.307 e. The molecule has 0 aliphatic heterocycles. The summed E-state index contributed by atoms with van der Waals surface area (Å²) in [6, 6.07) is 8.74. The molecule has 0 spiro atoms. The Hall–Kier alpha value is -2.34. The van der Waals surface area contributed by atoms with E-state index in [4.69, 9.17) is 20.9 Å². The third-order valence-corrected chi connectivity index (χ3v) is 3.71. The van der Waals surface area contributed by atoms with Crippen LogP contribution in [0.4, 0.5) is 0 Å². The fraction of sp³-hybridized carbons (Fsp3) is 0.312. The maximum atomic E-state index is 12.3. The molecule has 1 N–H and O–H groups in total. The molecule has 122 valence electrons. The van der Waals surface area contributed by atoms with Crippen molar-refractivity contribution >= 4 is 23.5 Å². The summed E-state index contributed by atoms with van der Waals surface area (Å²) in [5.41, 5.74) is 1.92. The minimum Gasteiger partial charge on any atom is -0.469 e. The van der Waals surface area contributed by atoms with Crippen LogP contribution in [0.5, 0.6) is 0 Å². The SMILES string of the molecule is COC(=O)CC(NC(=O)Cc1c(C)noc1Cl)c1ccccc1. The van der Waals surface area contributed by atoms with Crippen molar-refractivity contribution in [3.05, 3.63) is 52.4 Å². The quantitative estimate of drug-likeness (QED) is 0.820. The Morgan fingerprint density at radius 3 is 2.61 bits per heavy atom. The Balaban J connectivity index is 2.11. The number of benzene rings is 1. The summed E-state index contributed by atoms with van der Waals surface area (Å²) in [7, 11) is 1.31. The van der Waals surface area contributed by atoms with Gasteiger partial charge in [0.2, 0.25) is 11.1 Å². The van der Waals surface area contributed by atoms with E-state index in [0.717, 1.165) is 5.56 Å². The Morgan fingerprint density at radius 1 is 1.35 bits per heavy atom. The van der Waals surface area contributed by atoms with Crippen LogP contribution in [0, 0.1) is 6.92 Å². The van der Waals surface area contributed by atoms with Crippen LogP contribution >= 0.6 is 11.6 Å². The molecule has 6 nitrogen and oxygen atoms in total. The van der Waals surface area contributed by atoms with Crippen LogP contribution in [0.25, 0.3) is 0 Å². The summed E-state index contributed by atoms with van der Waals surface area (Å²) in [5, 5.41) is 6.63. The monoisotopic (exact) mass is 336 g/mol. The number of ether oxygens (including phenoxy) is 1. The summed E-state index contributed by atoms with van der Waals surface area (Å²) in [5.74, 6) is -0.686. The second-order valence-corrected chi connectivity index (χ2v) is 5.35. The fourth-order valence-electron chi connectivity index (χ4n) is 2.15. The number of aromatic nitrogens is 1. The average Bonchev–Trinajstić information content (AvgIpc) is 2.86. The Bertz CT molecular complexity index is 665. The van der Waals surface area contributed by atoms with Crippen LogP contribution in [0.1, 0.15) is 29.3 Å². The van der Waals surface area contributed by atoms with Crippen LogP contribution in [0.3, 0.4) is 0 Å². The van der Waals surface area contributed by atoms with Gasteiger partial charge in [0.15, 0.2) is 0 Å². The van der Waals surface area contributed by atoms with Gasteiger partial charge in [0, 0.05) is 5.56 Å². The molecule has 1 unspecified atom stereocenters. The molecule has 2 aromatic rings. The topological polar surface area (TPSA) is 81.4 Å². The number of rotatable bonds is 6. The van der Waals surface area contributed by atoms with Gasteiger partial charge in [-0.3, -0.25) is 9.59 Å². The first-order valence-corrected chi connectivity index (χ1v) is 7.40. The summed E-state index contributed by atoms with van der Waals surface area (Å²) in [6.07, 6.45) is 0.0707. The number of amides is 1. The maximum Gasteiger partial charge on any atom is 0.307 e. The molecule has 1 aromatic carbocycles. The Labute approximate surface area is 138 Å². The lowest BCUT2D eigenvalue weighted by atomic mass is 10.0. The number of esters is 1. The number of hydrogen-bond donors (Lipinski definition) is 1. The molecule has 0 aliphatic rings. The van der Waals surface area contributed by atoms with Crippen molar-refractivity contribution in [2.45, 2.75) is 25.8 Å². The zero-order valence-electron chi connectivity index (χ0n) is 12.8. The highest BCUT2D eigenvalue weighted by atomic mass is 35.5. The molecule has 1 amide bonds. The summed E-state index contributed by atoms with van der Waals surface area (Å²) in [6.45, 7) is 1.71. The summed E-state index contributed by atoms with van der Waals surface area (Å²) < 4.78 is 9.52. The first kappa shape index (κ1) is 17.0. The van der Waals surface area contributed by atoms with E-state index in [1.165, 1.54) is 7.11 Å². The normalized spacial score (nSPS) is 11.8. The van der Waals surface area contributed by atoms with E-state index in [1.807, 2.05) is 30.3 Å². The minimum absolute atomic E-state index is 0.0265. The van der Waals surface area contributed by atoms with Crippen molar-refractivity contribution in [1.29, 1.82) is 0 Å². The van der Waals surface area contributed by atoms with Crippen molar-refractivity contribution in [1.82, 2.24) is 10.5 Å². The van der Waals surface area contributed by atoms with Crippen LogP contribution in [-0.4, -0.2) is 24.1 Å². The van der Waals surface area contributed by atoms with Crippen LogP contribution in [-0.2, 0) is 20.7 Å². The summed E-state index contributed by atoms with van der Waals surface area (Å²) in [4.78, 5) is 23.9. The van der Waals surface area contributed by atoms with Crippen molar-refractivity contribution in [3.8, 4) is 0 Å².